The molecule has 2 N–H and O–H groups in total. The van der Waals surface area contributed by atoms with Crippen LogP contribution in [0.1, 0.15) is 50.8 Å². The summed E-state index contributed by atoms with van der Waals surface area (Å²) in [6, 6.07) is 13.1. The van der Waals surface area contributed by atoms with Crippen LogP contribution in [0.25, 0.3) is 0 Å². The van der Waals surface area contributed by atoms with E-state index in [4.69, 9.17) is 0 Å². The molecule has 0 aromatic heterocycles. The molecular weight excluding hydrogens is 407 g/mol. The van der Waals surface area contributed by atoms with Gasteiger partial charge in [0.15, 0.2) is 0 Å². The third-order valence-electron chi connectivity index (χ3n) is 5.08. The molecule has 0 aliphatic rings. The van der Waals surface area contributed by atoms with Gasteiger partial charge in [-0.3, -0.25) is 4.79 Å². The van der Waals surface area contributed by atoms with E-state index in [1.165, 1.54) is 17.0 Å². The Kier molecular flexibility index (Phi) is 8.47. The van der Waals surface area contributed by atoms with Crippen LogP contribution in [0.5, 0.6) is 0 Å². The van der Waals surface area contributed by atoms with Crippen LogP contribution in [-0.2, 0) is 11.0 Å². The third kappa shape index (κ3) is 7.31. The number of carbonyl (C=O) groups excluding carboxylic acids is 2. The summed E-state index contributed by atoms with van der Waals surface area (Å²) in [5, 5.41) is 5.41. The lowest BCUT2D eigenvalue weighted by Gasteiger charge is -2.29. The van der Waals surface area contributed by atoms with E-state index in [2.05, 4.69) is 10.6 Å². The molecule has 0 bridgehead atoms. The van der Waals surface area contributed by atoms with Gasteiger partial charge in [0.25, 0.3) is 0 Å². The van der Waals surface area contributed by atoms with E-state index >= 15 is 0 Å². The highest BCUT2D eigenvalue weighted by Crippen LogP contribution is 2.30. The van der Waals surface area contributed by atoms with Crippen LogP contribution >= 0.6 is 0 Å². The SMILES string of the molecule is CCC(C)N(CCC(=O)NC(C)c1ccccc1)C(=O)Nc1cccc(C(F)(F)F)c1. The zero-order chi connectivity index (χ0) is 23.0. The summed E-state index contributed by atoms with van der Waals surface area (Å²) in [6.45, 7) is 5.75. The van der Waals surface area contributed by atoms with Crippen LogP contribution < -0.4 is 10.6 Å². The quantitative estimate of drug-likeness (QED) is 0.567. The first-order valence-electron chi connectivity index (χ1n) is 10.2. The maximum Gasteiger partial charge on any atom is 0.416 e. The van der Waals surface area contributed by atoms with Crippen molar-refractivity contribution < 1.29 is 22.8 Å². The average Bonchev–Trinajstić information content (AvgIpc) is 2.73. The monoisotopic (exact) mass is 435 g/mol. The van der Waals surface area contributed by atoms with Crippen molar-refractivity contribution in [2.45, 2.75) is 51.9 Å². The van der Waals surface area contributed by atoms with Crippen LogP contribution in [0.3, 0.4) is 0 Å². The van der Waals surface area contributed by atoms with Crippen molar-refractivity contribution in [2.24, 2.45) is 0 Å². The molecule has 0 heterocycles. The maximum atomic E-state index is 12.9. The summed E-state index contributed by atoms with van der Waals surface area (Å²) < 4.78 is 38.7. The lowest BCUT2D eigenvalue weighted by molar-refractivity contribution is -0.137. The van der Waals surface area contributed by atoms with Crippen molar-refractivity contribution in [1.29, 1.82) is 0 Å². The molecule has 2 rings (SSSR count). The molecule has 168 valence electrons. The van der Waals surface area contributed by atoms with E-state index in [1.54, 1.807) is 0 Å². The highest BCUT2D eigenvalue weighted by molar-refractivity contribution is 5.90. The van der Waals surface area contributed by atoms with E-state index in [-0.39, 0.29) is 36.6 Å². The minimum Gasteiger partial charge on any atom is -0.350 e. The summed E-state index contributed by atoms with van der Waals surface area (Å²) in [7, 11) is 0. The van der Waals surface area contributed by atoms with Gasteiger partial charge in [0.1, 0.15) is 0 Å². The zero-order valence-corrected chi connectivity index (χ0v) is 17.9. The van der Waals surface area contributed by atoms with E-state index in [0.29, 0.717) is 6.42 Å². The highest BCUT2D eigenvalue weighted by atomic mass is 19.4. The molecule has 0 saturated heterocycles. The largest absolute Gasteiger partial charge is 0.416 e. The number of halogens is 3. The molecule has 0 spiro atoms. The topological polar surface area (TPSA) is 61.4 Å². The highest BCUT2D eigenvalue weighted by Gasteiger charge is 2.30. The second-order valence-electron chi connectivity index (χ2n) is 7.41. The Morgan fingerprint density at radius 3 is 2.32 bits per heavy atom. The smallest absolute Gasteiger partial charge is 0.350 e. The van der Waals surface area contributed by atoms with Gasteiger partial charge in [-0.15, -0.1) is 0 Å². The Morgan fingerprint density at radius 1 is 1.03 bits per heavy atom. The molecule has 2 atom stereocenters. The Bertz CT molecular complexity index is 872. The van der Waals surface area contributed by atoms with Crippen LogP contribution in [0.15, 0.2) is 54.6 Å². The minimum atomic E-state index is -4.50. The molecule has 0 fully saturated rings. The van der Waals surface area contributed by atoms with Gasteiger partial charge in [0, 0.05) is 24.7 Å². The number of hydrogen-bond donors (Lipinski definition) is 2. The van der Waals surface area contributed by atoms with Crippen molar-refractivity contribution in [1.82, 2.24) is 10.2 Å². The van der Waals surface area contributed by atoms with Crippen LogP contribution in [0.4, 0.5) is 23.7 Å². The summed E-state index contributed by atoms with van der Waals surface area (Å²) in [6.07, 6.45) is -3.78. The average molecular weight is 435 g/mol. The van der Waals surface area contributed by atoms with Gasteiger partial charge in [-0.2, -0.15) is 13.2 Å². The summed E-state index contributed by atoms with van der Waals surface area (Å²) in [5.74, 6) is -0.212. The van der Waals surface area contributed by atoms with E-state index in [9.17, 15) is 22.8 Å². The number of amides is 3. The van der Waals surface area contributed by atoms with E-state index in [1.807, 2.05) is 51.1 Å². The molecule has 8 heteroatoms. The summed E-state index contributed by atoms with van der Waals surface area (Å²) >= 11 is 0. The standard InChI is InChI=1S/C23H28F3N3O2/c1-4-16(2)29(14-13-21(30)27-17(3)18-9-6-5-7-10-18)22(31)28-20-12-8-11-19(15-20)23(24,25)26/h5-12,15-17H,4,13-14H2,1-3H3,(H,27,30)(H,28,31). The Labute approximate surface area is 180 Å². The Morgan fingerprint density at radius 2 is 1.71 bits per heavy atom. The van der Waals surface area contributed by atoms with Gasteiger partial charge < -0.3 is 15.5 Å². The molecule has 2 unspecified atom stereocenters. The molecule has 2 aromatic rings. The first-order chi connectivity index (χ1) is 14.6. The van der Waals surface area contributed by atoms with Gasteiger partial charge in [-0.1, -0.05) is 43.3 Å². The van der Waals surface area contributed by atoms with Gasteiger partial charge >= 0.3 is 12.2 Å². The normalized spacial score (nSPS) is 13.2. The number of anilines is 1. The number of urea groups is 1. The van der Waals surface area contributed by atoms with Gasteiger partial charge in [0.2, 0.25) is 5.91 Å². The zero-order valence-electron chi connectivity index (χ0n) is 17.9. The molecule has 0 aliphatic carbocycles. The maximum absolute atomic E-state index is 12.9. The third-order valence-corrected chi connectivity index (χ3v) is 5.08. The lowest BCUT2D eigenvalue weighted by Crippen LogP contribution is -2.43. The first kappa shape index (κ1) is 24.2. The van der Waals surface area contributed by atoms with Crippen molar-refractivity contribution in [3.05, 3.63) is 65.7 Å². The predicted molar refractivity (Wildman–Crippen MR) is 115 cm³/mol. The van der Waals surface area contributed by atoms with Crippen LogP contribution in [0.2, 0.25) is 0 Å². The van der Waals surface area contributed by atoms with Crippen LogP contribution in [-0.4, -0.2) is 29.4 Å². The van der Waals surface area contributed by atoms with Crippen molar-refractivity contribution >= 4 is 17.6 Å². The minimum absolute atomic E-state index is 0.0512. The van der Waals surface area contributed by atoms with Crippen molar-refractivity contribution in [2.75, 3.05) is 11.9 Å². The van der Waals surface area contributed by atoms with Crippen molar-refractivity contribution in [3.8, 4) is 0 Å². The first-order valence-corrected chi connectivity index (χ1v) is 10.2. The molecule has 0 radical (unpaired) electrons. The van der Waals surface area contributed by atoms with E-state index in [0.717, 1.165) is 17.7 Å². The fourth-order valence-corrected chi connectivity index (χ4v) is 3.07. The molecule has 3 amide bonds. The molecule has 0 aliphatic heterocycles. The molecule has 2 aromatic carbocycles. The number of hydrogen-bond acceptors (Lipinski definition) is 2. The lowest BCUT2D eigenvalue weighted by atomic mass is 10.1. The number of nitrogens with zero attached hydrogens (tertiary/aromatic N) is 1. The van der Waals surface area contributed by atoms with Gasteiger partial charge in [0.05, 0.1) is 11.6 Å². The number of alkyl halides is 3. The fraction of sp³-hybridized carbons (Fsp3) is 0.391. The second-order valence-corrected chi connectivity index (χ2v) is 7.41. The number of carbonyl (C=O) groups is 2. The van der Waals surface area contributed by atoms with E-state index < -0.39 is 17.8 Å². The van der Waals surface area contributed by atoms with Gasteiger partial charge in [-0.05, 0) is 44.0 Å². The fourth-order valence-electron chi connectivity index (χ4n) is 3.07. The number of nitrogens with one attached hydrogen (secondary N) is 2. The number of rotatable bonds is 8. The van der Waals surface area contributed by atoms with Gasteiger partial charge in [-0.25, -0.2) is 4.79 Å². The van der Waals surface area contributed by atoms with Crippen LogP contribution in [0, 0.1) is 0 Å². The molecular formula is C23H28F3N3O2. The molecule has 5 nitrogen and oxygen atoms in total. The predicted octanol–water partition coefficient (Wildman–Crippen LogP) is 5.61. The summed E-state index contributed by atoms with van der Waals surface area (Å²) in [4.78, 5) is 26.6. The molecule has 31 heavy (non-hydrogen) atoms. The second kappa shape index (κ2) is 10.8. The molecule has 0 saturated carbocycles. The van der Waals surface area contributed by atoms with Crippen molar-refractivity contribution in [3.63, 3.8) is 0 Å². The Hall–Kier alpha value is -3.03. The Balaban J connectivity index is 2.00. The summed E-state index contributed by atoms with van der Waals surface area (Å²) in [5.41, 5.74) is 0.182. The number of benzene rings is 2.